The number of benzene rings is 1. The Kier molecular flexibility index (Phi) is 3.58. The third kappa shape index (κ3) is 2.67. The zero-order chi connectivity index (χ0) is 15.7. The summed E-state index contributed by atoms with van der Waals surface area (Å²) < 4.78 is 24.9. The van der Waals surface area contributed by atoms with Gasteiger partial charge in [0.2, 0.25) is 0 Å². The SMILES string of the molecule is CCNc1nc(-c2ccc(S(C)(=O)=O)cc2)cn2ccnc12. The van der Waals surface area contributed by atoms with Crippen molar-refractivity contribution in [1.29, 1.82) is 0 Å². The number of nitrogens with zero attached hydrogens (tertiary/aromatic N) is 3. The van der Waals surface area contributed by atoms with Crippen LogP contribution in [0, 0.1) is 0 Å². The number of fused-ring (bicyclic) bond motifs is 1. The second-order valence-corrected chi connectivity index (χ2v) is 6.98. The summed E-state index contributed by atoms with van der Waals surface area (Å²) >= 11 is 0. The zero-order valence-electron chi connectivity index (χ0n) is 12.3. The maximum absolute atomic E-state index is 11.5. The molecule has 0 amide bonds. The van der Waals surface area contributed by atoms with Crippen LogP contribution in [0.4, 0.5) is 5.82 Å². The van der Waals surface area contributed by atoms with Crippen molar-refractivity contribution in [2.45, 2.75) is 11.8 Å². The van der Waals surface area contributed by atoms with Crippen LogP contribution in [0.2, 0.25) is 0 Å². The third-order valence-electron chi connectivity index (χ3n) is 3.30. The molecule has 3 aromatic rings. The summed E-state index contributed by atoms with van der Waals surface area (Å²) in [5.74, 6) is 0.706. The monoisotopic (exact) mass is 316 g/mol. The minimum atomic E-state index is -3.19. The Morgan fingerprint density at radius 2 is 1.95 bits per heavy atom. The van der Waals surface area contributed by atoms with E-state index in [0.717, 1.165) is 23.4 Å². The van der Waals surface area contributed by atoms with E-state index >= 15 is 0 Å². The molecule has 0 fully saturated rings. The normalized spacial score (nSPS) is 11.7. The van der Waals surface area contributed by atoms with Crippen LogP contribution in [0.25, 0.3) is 16.9 Å². The summed E-state index contributed by atoms with van der Waals surface area (Å²) in [4.78, 5) is 9.16. The van der Waals surface area contributed by atoms with Crippen molar-refractivity contribution in [2.75, 3.05) is 18.1 Å². The Bertz CT molecular complexity index is 914. The van der Waals surface area contributed by atoms with Gasteiger partial charge < -0.3 is 9.72 Å². The standard InChI is InChI=1S/C15H16N4O2S/c1-3-16-14-15-17-8-9-19(15)10-13(18-14)11-4-6-12(7-5-11)22(2,20)21/h4-10H,3H2,1-2H3,(H,16,18). The van der Waals surface area contributed by atoms with Crippen LogP contribution >= 0.6 is 0 Å². The molecule has 0 radical (unpaired) electrons. The molecule has 0 bridgehead atoms. The van der Waals surface area contributed by atoms with Crippen LogP contribution < -0.4 is 5.32 Å². The van der Waals surface area contributed by atoms with Crippen molar-refractivity contribution in [3.8, 4) is 11.3 Å². The van der Waals surface area contributed by atoms with Gasteiger partial charge in [-0.1, -0.05) is 12.1 Å². The second kappa shape index (κ2) is 5.42. The summed E-state index contributed by atoms with van der Waals surface area (Å²) in [6.45, 7) is 2.74. The highest BCUT2D eigenvalue weighted by Crippen LogP contribution is 2.23. The van der Waals surface area contributed by atoms with E-state index in [4.69, 9.17) is 0 Å². The molecule has 114 valence electrons. The molecule has 0 aliphatic carbocycles. The Balaban J connectivity index is 2.09. The first-order chi connectivity index (χ1) is 10.5. The van der Waals surface area contributed by atoms with Crippen molar-refractivity contribution in [2.24, 2.45) is 0 Å². The summed E-state index contributed by atoms with van der Waals surface area (Å²) in [6, 6.07) is 6.71. The van der Waals surface area contributed by atoms with Crippen LogP contribution in [-0.4, -0.2) is 35.6 Å². The van der Waals surface area contributed by atoms with E-state index in [1.54, 1.807) is 30.5 Å². The average molecular weight is 316 g/mol. The molecule has 2 heterocycles. The Hall–Kier alpha value is -2.41. The third-order valence-corrected chi connectivity index (χ3v) is 4.43. The van der Waals surface area contributed by atoms with E-state index in [1.807, 2.05) is 23.7 Å². The Morgan fingerprint density at radius 1 is 1.23 bits per heavy atom. The molecule has 1 aromatic carbocycles. The van der Waals surface area contributed by atoms with E-state index in [0.29, 0.717) is 10.7 Å². The number of imidazole rings is 1. The predicted octanol–water partition coefficient (Wildman–Crippen LogP) is 2.23. The van der Waals surface area contributed by atoms with E-state index < -0.39 is 9.84 Å². The molecule has 7 heteroatoms. The molecule has 0 spiro atoms. The number of nitrogens with one attached hydrogen (secondary N) is 1. The maximum Gasteiger partial charge on any atom is 0.180 e. The van der Waals surface area contributed by atoms with Crippen LogP contribution in [-0.2, 0) is 9.84 Å². The molecule has 1 N–H and O–H groups in total. The molecule has 22 heavy (non-hydrogen) atoms. The lowest BCUT2D eigenvalue weighted by molar-refractivity contribution is 0.602. The molecule has 0 saturated heterocycles. The number of aromatic nitrogens is 3. The average Bonchev–Trinajstić information content (AvgIpc) is 2.95. The highest BCUT2D eigenvalue weighted by atomic mass is 32.2. The molecule has 6 nitrogen and oxygen atoms in total. The molecular weight excluding hydrogens is 300 g/mol. The van der Waals surface area contributed by atoms with Gasteiger partial charge in [0.05, 0.1) is 10.6 Å². The van der Waals surface area contributed by atoms with Gasteiger partial charge in [-0.3, -0.25) is 0 Å². The van der Waals surface area contributed by atoms with Crippen LogP contribution in [0.5, 0.6) is 0 Å². The topological polar surface area (TPSA) is 76.4 Å². The lowest BCUT2D eigenvalue weighted by Gasteiger charge is -2.09. The molecule has 0 saturated carbocycles. The molecule has 0 unspecified atom stereocenters. The van der Waals surface area contributed by atoms with Crippen molar-refractivity contribution in [3.63, 3.8) is 0 Å². The largest absolute Gasteiger partial charge is 0.367 e. The van der Waals surface area contributed by atoms with Crippen molar-refractivity contribution in [3.05, 3.63) is 42.9 Å². The van der Waals surface area contributed by atoms with Gasteiger partial charge in [-0.05, 0) is 19.1 Å². The van der Waals surface area contributed by atoms with E-state index in [2.05, 4.69) is 15.3 Å². The van der Waals surface area contributed by atoms with Gasteiger partial charge in [0.15, 0.2) is 21.3 Å². The fourth-order valence-electron chi connectivity index (χ4n) is 2.23. The number of rotatable bonds is 4. The lowest BCUT2D eigenvalue weighted by Crippen LogP contribution is -2.04. The molecular formula is C15H16N4O2S. The van der Waals surface area contributed by atoms with Crippen molar-refractivity contribution >= 4 is 21.3 Å². The first-order valence-electron chi connectivity index (χ1n) is 6.87. The Labute approximate surface area is 128 Å². The van der Waals surface area contributed by atoms with Gasteiger partial charge in [0.1, 0.15) is 0 Å². The van der Waals surface area contributed by atoms with E-state index in [9.17, 15) is 8.42 Å². The fourth-order valence-corrected chi connectivity index (χ4v) is 2.86. The van der Waals surface area contributed by atoms with E-state index in [-0.39, 0.29) is 0 Å². The number of hydrogen-bond acceptors (Lipinski definition) is 5. The predicted molar refractivity (Wildman–Crippen MR) is 85.7 cm³/mol. The zero-order valence-corrected chi connectivity index (χ0v) is 13.1. The minimum absolute atomic E-state index is 0.298. The quantitative estimate of drug-likeness (QED) is 0.799. The van der Waals surface area contributed by atoms with Gasteiger partial charge in [0.25, 0.3) is 0 Å². The Morgan fingerprint density at radius 3 is 2.59 bits per heavy atom. The summed E-state index contributed by atoms with van der Waals surface area (Å²) in [7, 11) is -3.19. The second-order valence-electron chi connectivity index (χ2n) is 4.96. The van der Waals surface area contributed by atoms with Gasteiger partial charge in [-0.2, -0.15) is 0 Å². The van der Waals surface area contributed by atoms with Gasteiger partial charge >= 0.3 is 0 Å². The summed E-state index contributed by atoms with van der Waals surface area (Å²) in [6.07, 6.45) is 6.64. The first kappa shape index (κ1) is 14.5. The first-order valence-corrected chi connectivity index (χ1v) is 8.76. The summed E-state index contributed by atoms with van der Waals surface area (Å²) in [5.41, 5.74) is 2.36. The molecule has 0 aliphatic rings. The molecule has 2 aromatic heterocycles. The molecule has 3 rings (SSSR count). The van der Waals surface area contributed by atoms with Crippen molar-refractivity contribution < 1.29 is 8.42 Å². The number of anilines is 1. The van der Waals surface area contributed by atoms with Gasteiger partial charge in [-0.15, -0.1) is 0 Å². The number of hydrogen-bond donors (Lipinski definition) is 1. The summed E-state index contributed by atoms with van der Waals surface area (Å²) in [5, 5.41) is 3.19. The van der Waals surface area contributed by atoms with Crippen LogP contribution in [0.15, 0.2) is 47.8 Å². The molecule has 0 atom stereocenters. The minimum Gasteiger partial charge on any atom is -0.367 e. The highest BCUT2D eigenvalue weighted by molar-refractivity contribution is 7.90. The van der Waals surface area contributed by atoms with E-state index in [1.165, 1.54) is 6.26 Å². The van der Waals surface area contributed by atoms with Crippen LogP contribution in [0.1, 0.15) is 6.92 Å². The highest BCUT2D eigenvalue weighted by Gasteiger charge is 2.10. The molecule has 0 aliphatic heterocycles. The smallest absolute Gasteiger partial charge is 0.180 e. The van der Waals surface area contributed by atoms with Crippen molar-refractivity contribution in [1.82, 2.24) is 14.4 Å². The number of sulfone groups is 1. The lowest BCUT2D eigenvalue weighted by atomic mass is 10.1. The van der Waals surface area contributed by atoms with Gasteiger partial charge in [-0.25, -0.2) is 18.4 Å². The van der Waals surface area contributed by atoms with Gasteiger partial charge in [0, 0.05) is 37.0 Å². The maximum atomic E-state index is 11.5. The fraction of sp³-hybridized carbons (Fsp3) is 0.200. The van der Waals surface area contributed by atoms with Crippen LogP contribution in [0.3, 0.4) is 0 Å².